The van der Waals surface area contributed by atoms with E-state index in [1.807, 2.05) is 43.3 Å². The van der Waals surface area contributed by atoms with Gasteiger partial charge in [-0.2, -0.15) is 5.26 Å². The average molecular weight is 738 g/mol. The maximum Gasteiger partial charge on any atom is 0.326 e. The van der Waals surface area contributed by atoms with Crippen molar-refractivity contribution in [2.45, 2.75) is 52.0 Å². The molecule has 0 bridgehead atoms. The van der Waals surface area contributed by atoms with Crippen LogP contribution in [0.5, 0.6) is 17.2 Å². The number of benzene rings is 3. The Labute approximate surface area is 307 Å². The fourth-order valence-electron chi connectivity index (χ4n) is 5.06. The van der Waals surface area contributed by atoms with E-state index >= 15 is 0 Å². The number of carboxylic acids is 1. The van der Waals surface area contributed by atoms with Crippen molar-refractivity contribution in [3.63, 3.8) is 0 Å². The zero-order chi connectivity index (χ0) is 36.8. The van der Waals surface area contributed by atoms with Crippen molar-refractivity contribution in [1.82, 2.24) is 15.6 Å². The van der Waals surface area contributed by atoms with Crippen LogP contribution in [-0.4, -0.2) is 64.7 Å². The van der Waals surface area contributed by atoms with Crippen molar-refractivity contribution in [3.05, 3.63) is 105 Å². The number of halogens is 2. The number of aliphatic hydroxyl groups excluding tert-OH is 2. The van der Waals surface area contributed by atoms with Gasteiger partial charge < -0.3 is 34.8 Å². The number of pyridine rings is 1. The molecule has 0 radical (unpaired) electrons. The molecule has 0 amide bonds. The first kappa shape index (κ1) is 39.4. The zero-order valence-electron chi connectivity index (χ0n) is 28.5. The van der Waals surface area contributed by atoms with Crippen molar-refractivity contribution < 1.29 is 34.3 Å². The van der Waals surface area contributed by atoms with Gasteiger partial charge in [0, 0.05) is 48.3 Å². The van der Waals surface area contributed by atoms with Crippen LogP contribution in [0.1, 0.15) is 47.6 Å². The molecule has 0 unspecified atom stereocenters. The molecule has 0 aliphatic heterocycles. The normalized spacial score (nSPS) is 12.2. The summed E-state index contributed by atoms with van der Waals surface area (Å²) in [6, 6.07) is 18.5. The quantitative estimate of drug-likeness (QED) is 0.0670. The van der Waals surface area contributed by atoms with E-state index in [4.69, 9.17) is 42.5 Å². The summed E-state index contributed by atoms with van der Waals surface area (Å²) in [7, 11) is 0. The van der Waals surface area contributed by atoms with Crippen LogP contribution in [-0.2, 0) is 24.6 Å². The lowest BCUT2D eigenvalue weighted by Gasteiger charge is -2.25. The van der Waals surface area contributed by atoms with Gasteiger partial charge in [-0.05, 0) is 74.7 Å². The molecule has 4 rings (SSSR count). The lowest BCUT2D eigenvalue weighted by molar-refractivity contribution is -0.145. The predicted molar refractivity (Wildman–Crippen MR) is 195 cm³/mol. The van der Waals surface area contributed by atoms with E-state index < -0.39 is 18.1 Å². The molecule has 1 heterocycles. The number of hydrogen-bond acceptors (Lipinski definition) is 10. The van der Waals surface area contributed by atoms with Gasteiger partial charge in [0.1, 0.15) is 42.1 Å². The third kappa shape index (κ3) is 10.8. The van der Waals surface area contributed by atoms with E-state index in [2.05, 4.69) is 21.7 Å². The van der Waals surface area contributed by atoms with Crippen molar-refractivity contribution in [2.24, 2.45) is 0 Å². The predicted octanol–water partition coefficient (Wildman–Crippen LogP) is 6.06. The molecule has 3 aromatic carbocycles. The summed E-state index contributed by atoms with van der Waals surface area (Å²) in [5.74, 6) is 0.0867. The number of aliphatic carboxylic acids is 1. The van der Waals surface area contributed by atoms with Crippen LogP contribution in [0.3, 0.4) is 0 Å². The lowest BCUT2D eigenvalue weighted by atomic mass is 9.96. The summed E-state index contributed by atoms with van der Waals surface area (Å²) in [6.07, 6.45) is 4.54. The highest BCUT2D eigenvalue weighted by atomic mass is 35.5. The summed E-state index contributed by atoms with van der Waals surface area (Å²) in [5.41, 5.74) is 3.58. The first-order valence-corrected chi connectivity index (χ1v) is 17.2. The summed E-state index contributed by atoms with van der Waals surface area (Å²) in [5, 5.41) is 44.4. The van der Waals surface area contributed by atoms with Gasteiger partial charge in [0.2, 0.25) is 0 Å². The van der Waals surface area contributed by atoms with E-state index in [0.717, 1.165) is 41.8 Å². The molecule has 11 nitrogen and oxygen atoms in total. The van der Waals surface area contributed by atoms with Crippen LogP contribution in [0.15, 0.2) is 67.0 Å². The van der Waals surface area contributed by atoms with Crippen LogP contribution in [0.4, 0.5) is 0 Å². The van der Waals surface area contributed by atoms with Gasteiger partial charge in [0.05, 0.1) is 28.8 Å². The van der Waals surface area contributed by atoms with Crippen LogP contribution >= 0.6 is 23.2 Å². The Bertz CT molecular complexity index is 1830. The summed E-state index contributed by atoms with van der Waals surface area (Å²) in [4.78, 5) is 15.9. The van der Waals surface area contributed by atoms with Crippen molar-refractivity contribution >= 4 is 29.2 Å². The number of hydrogen-bond donors (Lipinski definition) is 5. The summed E-state index contributed by atoms with van der Waals surface area (Å²) >= 11 is 13.5. The van der Waals surface area contributed by atoms with E-state index in [0.29, 0.717) is 52.0 Å². The van der Waals surface area contributed by atoms with Gasteiger partial charge in [-0.1, -0.05) is 53.5 Å². The Morgan fingerprint density at radius 1 is 0.922 bits per heavy atom. The highest BCUT2D eigenvalue weighted by molar-refractivity contribution is 6.35. The second-order valence-electron chi connectivity index (χ2n) is 12.0. The fraction of sp³-hybridized carbons (Fsp3) is 0.342. The summed E-state index contributed by atoms with van der Waals surface area (Å²) in [6.45, 7) is 5.18. The molecule has 51 heavy (non-hydrogen) atoms. The second kappa shape index (κ2) is 19.3. The Hall–Kier alpha value is -4.41. The van der Waals surface area contributed by atoms with Gasteiger partial charge >= 0.3 is 5.97 Å². The zero-order valence-corrected chi connectivity index (χ0v) is 30.1. The number of nitriles is 1. The monoisotopic (exact) mass is 736 g/mol. The van der Waals surface area contributed by atoms with Gasteiger partial charge in [0.15, 0.2) is 0 Å². The second-order valence-corrected chi connectivity index (χ2v) is 12.8. The Morgan fingerprint density at radius 2 is 1.67 bits per heavy atom. The molecule has 5 N–H and O–H groups in total. The topological polar surface area (TPSA) is 166 Å². The number of rotatable bonds is 20. The summed E-state index contributed by atoms with van der Waals surface area (Å²) < 4.78 is 18.4. The Morgan fingerprint density at radius 3 is 2.41 bits per heavy atom. The largest absolute Gasteiger partial charge is 0.492 e. The first-order valence-electron chi connectivity index (χ1n) is 16.4. The van der Waals surface area contributed by atoms with Crippen LogP contribution in [0, 0.1) is 18.3 Å². The molecule has 13 heteroatoms. The molecular formula is C38H42Cl2N4O7. The Kier molecular flexibility index (Phi) is 14.9. The van der Waals surface area contributed by atoms with E-state index in [-0.39, 0.29) is 31.4 Å². The number of nitrogens with one attached hydrogen (secondary N) is 2. The molecular weight excluding hydrogens is 695 g/mol. The SMILES string of the molecule is Cc1c(COc2cc(OCc3cncc(C#N)c3)c(CN[C@](C)(CO)C(=O)O)cc2Cl)cccc1-c1cccc(OCCCNCCCO)c1Cl. The number of aliphatic hydroxyl groups is 2. The third-order valence-corrected chi connectivity index (χ3v) is 8.93. The molecule has 4 aromatic rings. The van der Waals surface area contributed by atoms with Crippen LogP contribution < -0.4 is 24.8 Å². The number of carbonyl (C=O) groups is 1. The number of carboxylic acid groups (broad SMARTS) is 1. The average Bonchev–Trinajstić information content (AvgIpc) is 3.13. The number of aromatic nitrogens is 1. The molecule has 270 valence electrons. The van der Waals surface area contributed by atoms with Gasteiger partial charge in [-0.25, -0.2) is 0 Å². The first-order chi connectivity index (χ1) is 24.6. The van der Waals surface area contributed by atoms with Gasteiger partial charge in [-0.15, -0.1) is 0 Å². The standard InChI is InChI=1S/C38H42Cl2N4O7/c1-25-28(7-3-8-30(25)31-9-4-10-33(36(31)40)49-14-6-12-42-11-5-13-45)23-51-35-17-34(50-22-27-15-26(18-41)19-43-20-27)29(16-32(35)39)21-44-38(2,24-46)37(47)48/h3-4,7-10,15-17,19-20,42,44-46H,5-6,11-14,21-24H2,1-2H3,(H,47,48)/t38-/m1/s1. The molecule has 1 aromatic heterocycles. The molecule has 0 aliphatic carbocycles. The van der Waals surface area contributed by atoms with Crippen molar-refractivity contribution in [2.75, 3.05) is 32.9 Å². The minimum atomic E-state index is -1.60. The third-order valence-electron chi connectivity index (χ3n) is 8.24. The number of ether oxygens (including phenoxy) is 3. The van der Waals surface area contributed by atoms with Gasteiger partial charge in [-0.3, -0.25) is 15.1 Å². The fourth-order valence-corrected chi connectivity index (χ4v) is 5.59. The minimum Gasteiger partial charge on any atom is -0.492 e. The molecule has 0 spiro atoms. The smallest absolute Gasteiger partial charge is 0.326 e. The van der Waals surface area contributed by atoms with E-state index in [1.165, 1.54) is 13.1 Å². The molecule has 0 saturated heterocycles. The molecule has 0 aliphatic rings. The van der Waals surface area contributed by atoms with Crippen molar-refractivity contribution in [1.29, 1.82) is 5.26 Å². The molecule has 1 atom stereocenters. The number of nitrogens with zero attached hydrogens (tertiary/aromatic N) is 2. The maximum absolute atomic E-state index is 11.8. The lowest BCUT2D eigenvalue weighted by Crippen LogP contribution is -2.52. The minimum absolute atomic E-state index is 0.0153. The molecule has 0 saturated carbocycles. The van der Waals surface area contributed by atoms with E-state index in [9.17, 15) is 20.3 Å². The highest BCUT2D eigenvalue weighted by Crippen LogP contribution is 2.38. The van der Waals surface area contributed by atoms with Crippen LogP contribution in [0.2, 0.25) is 10.0 Å². The van der Waals surface area contributed by atoms with Gasteiger partial charge in [0.25, 0.3) is 0 Å². The Balaban J connectivity index is 1.53. The highest BCUT2D eigenvalue weighted by Gasteiger charge is 2.32. The van der Waals surface area contributed by atoms with E-state index in [1.54, 1.807) is 24.4 Å². The van der Waals surface area contributed by atoms with Crippen LogP contribution in [0.25, 0.3) is 11.1 Å². The molecule has 0 fully saturated rings. The van der Waals surface area contributed by atoms with Crippen molar-refractivity contribution in [3.8, 4) is 34.4 Å². The maximum atomic E-state index is 11.8.